The van der Waals surface area contributed by atoms with Crippen molar-refractivity contribution in [2.45, 2.75) is 45.7 Å². The van der Waals surface area contributed by atoms with Crippen LogP contribution in [0.3, 0.4) is 0 Å². The lowest BCUT2D eigenvalue weighted by molar-refractivity contribution is -0.137. The minimum atomic E-state index is -4.43. The lowest BCUT2D eigenvalue weighted by atomic mass is 9.98. The van der Waals surface area contributed by atoms with E-state index in [0.717, 1.165) is 23.4 Å². The maximum absolute atomic E-state index is 12.7. The molecule has 146 valence electrons. The Morgan fingerprint density at radius 2 is 1.89 bits per heavy atom. The van der Waals surface area contributed by atoms with Gasteiger partial charge in [-0.25, -0.2) is 0 Å². The SMILES string of the molecule is Cc1cc(OCCCC(=O)Nc2cccc(C(F)(F)F)c2)ccc1C(C)C. The zero-order valence-electron chi connectivity index (χ0n) is 15.7. The number of rotatable bonds is 7. The molecule has 0 fully saturated rings. The van der Waals surface area contributed by atoms with E-state index in [1.807, 2.05) is 25.1 Å². The number of carbonyl (C=O) groups excluding carboxylic acids is 1. The van der Waals surface area contributed by atoms with Crippen molar-refractivity contribution in [2.24, 2.45) is 0 Å². The van der Waals surface area contributed by atoms with Gasteiger partial charge in [-0.1, -0.05) is 26.0 Å². The van der Waals surface area contributed by atoms with Crippen molar-refractivity contribution in [1.29, 1.82) is 0 Å². The maximum atomic E-state index is 12.7. The Balaban J connectivity index is 1.79. The van der Waals surface area contributed by atoms with E-state index in [1.165, 1.54) is 17.7 Å². The number of amides is 1. The molecule has 0 aliphatic heterocycles. The first-order chi connectivity index (χ1) is 12.7. The summed E-state index contributed by atoms with van der Waals surface area (Å²) >= 11 is 0. The number of alkyl halides is 3. The highest BCUT2D eigenvalue weighted by atomic mass is 19.4. The lowest BCUT2D eigenvalue weighted by Gasteiger charge is -2.12. The van der Waals surface area contributed by atoms with Crippen LogP contribution in [-0.4, -0.2) is 12.5 Å². The number of anilines is 1. The fraction of sp³-hybridized carbons (Fsp3) is 0.381. The number of aryl methyl sites for hydroxylation is 1. The third kappa shape index (κ3) is 6.31. The molecule has 1 amide bonds. The van der Waals surface area contributed by atoms with E-state index in [1.54, 1.807) is 0 Å². The molecule has 0 aliphatic rings. The van der Waals surface area contributed by atoms with Crippen LogP contribution in [0.1, 0.15) is 49.3 Å². The monoisotopic (exact) mass is 379 g/mol. The molecule has 0 heterocycles. The number of ether oxygens (including phenoxy) is 1. The highest BCUT2D eigenvalue weighted by molar-refractivity contribution is 5.90. The first-order valence-electron chi connectivity index (χ1n) is 8.87. The number of carbonyl (C=O) groups is 1. The topological polar surface area (TPSA) is 38.3 Å². The fourth-order valence-electron chi connectivity index (χ4n) is 2.81. The average Bonchev–Trinajstić information content (AvgIpc) is 2.58. The van der Waals surface area contributed by atoms with Gasteiger partial charge in [0.15, 0.2) is 0 Å². The molecule has 0 radical (unpaired) electrons. The van der Waals surface area contributed by atoms with Gasteiger partial charge in [0.25, 0.3) is 0 Å². The maximum Gasteiger partial charge on any atom is 0.416 e. The highest BCUT2D eigenvalue weighted by Crippen LogP contribution is 2.30. The summed E-state index contributed by atoms with van der Waals surface area (Å²) in [6.45, 7) is 6.65. The van der Waals surface area contributed by atoms with E-state index in [4.69, 9.17) is 4.74 Å². The minimum absolute atomic E-state index is 0.135. The van der Waals surface area contributed by atoms with E-state index >= 15 is 0 Å². The minimum Gasteiger partial charge on any atom is -0.494 e. The summed E-state index contributed by atoms with van der Waals surface area (Å²) in [6.07, 6.45) is -3.80. The van der Waals surface area contributed by atoms with Gasteiger partial charge >= 0.3 is 6.18 Å². The number of hydrogen-bond acceptors (Lipinski definition) is 2. The van der Waals surface area contributed by atoms with Gasteiger partial charge in [0.1, 0.15) is 5.75 Å². The Morgan fingerprint density at radius 1 is 1.15 bits per heavy atom. The third-order valence-electron chi connectivity index (χ3n) is 4.15. The molecular weight excluding hydrogens is 355 g/mol. The normalized spacial score (nSPS) is 11.5. The van der Waals surface area contributed by atoms with E-state index < -0.39 is 11.7 Å². The van der Waals surface area contributed by atoms with Crippen LogP contribution in [0.15, 0.2) is 42.5 Å². The molecule has 0 aromatic heterocycles. The number of nitrogens with one attached hydrogen (secondary N) is 1. The molecule has 1 N–H and O–H groups in total. The van der Waals surface area contributed by atoms with Crippen LogP contribution in [0.2, 0.25) is 0 Å². The van der Waals surface area contributed by atoms with Crippen LogP contribution in [0, 0.1) is 6.92 Å². The van der Waals surface area contributed by atoms with Crippen molar-refractivity contribution < 1.29 is 22.7 Å². The van der Waals surface area contributed by atoms with Crippen molar-refractivity contribution in [3.05, 3.63) is 59.2 Å². The van der Waals surface area contributed by atoms with Crippen LogP contribution in [0.4, 0.5) is 18.9 Å². The van der Waals surface area contributed by atoms with Gasteiger partial charge < -0.3 is 10.1 Å². The van der Waals surface area contributed by atoms with Crippen molar-refractivity contribution in [3.63, 3.8) is 0 Å². The smallest absolute Gasteiger partial charge is 0.416 e. The van der Waals surface area contributed by atoms with E-state index in [2.05, 4.69) is 19.2 Å². The molecule has 0 unspecified atom stereocenters. The van der Waals surface area contributed by atoms with E-state index in [0.29, 0.717) is 18.9 Å². The zero-order chi connectivity index (χ0) is 20.0. The third-order valence-corrected chi connectivity index (χ3v) is 4.15. The largest absolute Gasteiger partial charge is 0.494 e. The van der Waals surface area contributed by atoms with E-state index in [9.17, 15) is 18.0 Å². The van der Waals surface area contributed by atoms with Gasteiger partial charge in [-0.15, -0.1) is 0 Å². The highest BCUT2D eigenvalue weighted by Gasteiger charge is 2.30. The summed E-state index contributed by atoms with van der Waals surface area (Å²) in [7, 11) is 0. The lowest BCUT2D eigenvalue weighted by Crippen LogP contribution is -2.14. The number of benzene rings is 2. The Kier molecular flexibility index (Phi) is 6.88. The van der Waals surface area contributed by atoms with Gasteiger partial charge in [-0.05, 0) is 60.7 Å². The van der Waals surface area contributed by atoms with Crippen molar-refractivity contribution >= 4 is 11.6 Å². The molecule has 0 saturated carbocycles. The quantitative estimate of drug-likeness (QED) is 0.605. The van der Waals surface area contributed by atoms with Gasteiger partial charge in [0.05, 0.1) is 12.2 Å². The second kappa shape index (κ2) is 8.93. The first kappa shape index (κ1) is 20.8. The average molecular weight is 379 g/mol. The Morgan fingerprint density at radius 3 is 2.52 bits per heavy atom. The molecule has 2 aromatic rings. The molecule has 0 bridgehead atoms. The standard InChI is InChI=1S/C21H24F3NO2/c1-14(2)19-10-9-18(12-15(19)3)27-11-5-8-20(26)25-17-7-4-6-16(13-17)21(22,23)24/h4,6-7,9-10,12-14H,5,8,11H2,1-3H3,(H,25,26). The van der Waals surface area contributed by atoms with Crippen molar-refractivity contribution in [2.75, 3.05) is 11.9 Å². The van der Waals surface area contributed by atoms with Gasteiger partial charge in [-0.2, -0.15) is 13.2 Å². The molecule has 0 saturated heterocycles. The van der Waals surface area contributed by atoms with Crippen LogP contribution >= 0.6 is 0 Å². The number of halogens is 3. The summed E-state index contributed by atoms with van der Waals surface area (Å²) < 4.78 is 43.7. The predicted molar refractivity (Wildman–Crippen MR) is 100 cm³/mol. The first-order valence-corrected chi connectivity index (χ1v) is 8.87. The fourth-order valence-corrected chi connectivity index (χ4v) is 2.81. The van der Waals surface area contributed by atoms with Gasteiger partial charge in [0, 0.05) is 12.1 Å². The second-order valence-corrected chi connectivity index (χ2v) is 6.75. The predicted octanol–water partition coefficient (Wildman–Crippen LogP) is 5.93. The molecule has 0 aliphatic carbocycles. The van der Waals surface area contributed by atoms with Gasteiger partial charge in [0.2, 0.25) is 5.91 Å². The van der Waals surface area contributed by atoms with E-state index in [-0.39, 0.29) is 18.0 Å². The zero-order valence-corrected chi connectivity index (χ0v) is 15.7. The summed E-state index contributed by atoms with van der Waals surface area (Å²) in [6, 6.07) is 10.5. The Bertz CT molecular complexity index is 785. The molecule has 6 heteroatoms. The van der Waals surface area contributed by atoms with Crippen LogP contribution in [0.5, 0.6) is 5.75 Å². The molecule has 2 rings (SSSR count). The number of hydrogen-bond donors (Lipinski definition) is 1. The molecular formula is C21H24F3NO2. The van der Waals surface area contributed by atoms with Crippen LogP contribution in [-0.2, 0) is 11.0 Å². The summed E-state index contributed by atoms with van der Waals surface area (Å²) in [5.41, 5.74) is 1.77. The summed E-state index contributed by atoms with van der Waals surface area (Å²) in [5.74, 6) is 0.845. The van der Waals surface area contributed by atoms with Crippen LogP contribution in [0.25, 0.3) is 0 Å². The molecule has 0 spiro atoms. The summed E-state index contributed by atoms with van der Waals surface area (Å²) in [4.78, 5) is 11.9. The second-order valence-electron chi connectivity index (χ2n) is 6.75. The Labute approximate surface area is 157 Å². The molecule has 0 atom stereocenters. The van der Waals surface area contributed by atoms with Crippen molar-refractivity contribution in [1.82, 2.24) is 0 Å². The van der Waals surface area contributed by atoms with Crippen LogP contribution < -0.4 is 10.1 Å². The molecule has 3 nitrogen and oxygen atoms in total. The molecule has 2 aromatic carbocycles. The Hall–Kier alpha value is -2.50. The summed E-state index contributed by atoms with van der Waals surface area (Å²) in [5, 5.41) is 2.49. The van der Waals surface area contributed by atoms with Gasteiger partial charge in [-0.3, -0.25) is 4.79 Å². The molecule has 27 heavy (non-hydrogen) atoms. The van der Waals surface area contributed by atoms with Crippen molar-refractivity contribution in [3.8, 4) is 5.75 Å².